The Labute approximate surface area is 138 Å². The molecule has 0 saturated heterocycles. The van der Waals surface area contributed by atoms with Gasteiger partial charge in [0.1, 0.15) is 0 Å². The molecule has 23 heavy (non-hydrogen) atoms. The number of carbonyl (C=O) groups is 2. The first kappa shape index (κ1) is 18.9. The zero-order valence-electron chi connectivity index (χ0n) is 12.6. The van der Waals surface area contributed by atoms with Crippen LogP contribution in [0.25, 0.3) is 0 Å². The molecule has 1 aromatic rings. The van der Waals surface area contributed by atoms with Gasteiger partial charge in [-0.15, -0.1) is 0 Å². The van der Waals surface area contributed by atoms with Crippen LogP contribution in [0.5, 0.6) is 0 Å². The Morgan fingerprint density at radius 3 is 2.26 bits per heavy atom. The number of hydrogen-bond acceptors (Lipinski definition) is 7. The Balaban J connectivity index is 3.27. The predicted molar refractivity (Wildman–Crippen MR) is 82.9 cm³/mol. The molecule has 0 aliphatic rings. The molecule has 0 N–H and O–H groups in total. The predicted octanol–water partition coefficient (Wildman–Crippen LogP) is 1.69. The van der Waals surface area contributed by atoms with Crippen molar-refractivity contribution in [3.05, 3.63) is 29.3 Å². The molecule has 0 spiro atoms. The highest BCUT2D eigenvalue weighted by molar-refractivity contribution is 8.08. The van der Waals surface area contributed by atoms with E-state index in [1.807, 2.05) is 0 Å². The minimum atomic E-state index is -4.31. The molecule has 1 rings (SSSR count). The van der Waals surface area contributed by atoms with E-state index in [2.05, 4.69) is 14.7 Å². The lowest BCUT2D eigenvalue weighted by Crippen LogP contribution is -2.35. The average molecular weight is 363 g/mol. The second kappa shape index (κ2) is 7.93. The summed E-state index contributed by atoms with van der Waals surface area (Å²) in [6.45, 7) is 1.54. The van der Waals surface area contributed by atoms with Crippen molar-refractivity contribution in [2.75, 3.05) is 20.7 Å². The van der Waals surface area contributed by atoms with Gasteiger partial charge in [-0.1, -0.05) is 16.8 Å². The highest BCUT2D eigenvalue weighted by atomic mass is 35.5. The molecule has 0 fully saturated rings. The van der Waals surface area contributed by atoms with Crippen LogP contribution in [0.2, 0.25) is 5.02 Å². The number of hydrogen-bond donors (Lipinski definition) is 0. The smallest absolute Gasteiger partial charge is 0.433 e. The van der Waals surface area contributed by atoms with Crippen molar-refractivity contribution >= 4 is 38.5 Å². The lowest BCUT2D eigenvalue weighted by molar-refractivity contribution is -0.121. The summed E-state index contributed by atoms with van der Waals surface area (Å²) in [5.74, 6) is -0.954. The second-order valence-corrected chi connectivity index (χ2v) is 6.63. The molecule has 0 bridgehead atoms. The van der Waals surface area contributed by atoms with Gasteiger partial charge in [0.15, 0.2) is 0 Å². The van der Waals surface area contributed by atoms with Crippen molar-refractivity contribution in [1.82, 2.24) is 4.90 Å². The van der Waals surface area contributed by atoms with Crippen LogP contribution in [0, 0.1) is 0 Å². The van der Waals surface area contributed by atoms with E-state index in [1.165, 1.54) is 45.3 Å². The van der Waals surface area contributed by atoms with Crippen molar-refractivity contribution < 1.29 is 27.6 Å². The number of halogens is 1. The molecule has 0 radical (unpaired) electrons. The third-order valence-electron chi connectivity index (χ3n) is 2.43. The summed E-state index contributed by atoms with van der Waals surface area (Å²) >= 11 is 5.71. The minimum absolute atomic E-state index is 0.00917. The highest BCUT2D eigenvalue weighted by Crippen LogP contribution is 2.17. The van der Waals surface area contributed by atoms with Gasteiger partial charge in [-0.3, -0.25) is 9.63 Å². The van der Waals surface area contributed by atoms with Crippen LogP contribution in [0.1, 0.15) is 6.92 Å². The fourth-order valence-electron chi connectivity index (χ4n) is 1.34. The standard InChI is InChI=1S/C13H15ClN2O6S/c1-4-21-13(18)22-15-11(12(17)16(2)3)23(19,20)10-7-5-9(14)6-8-10/h5-8H,4H2,1-3H3/b15-11+. The first-order chi connectivity index (χ1) is 10.7. The quantitative estimate of drug-likeness (QED) is 0.266. The second-order valence-electron chi connectivity index (χ2n) is 4.33. The summed E-state index contributed by atoms with van der Waals surface area (Å²) in [5.41, 5.74) is 0. The number of amides is 1. The number of oxime groups is 1. The minimum Gasteiger partial charge on any atom is -0.433 e. The molecule has 0 unspecified atom stereocenters. The van der Waals surface area contributed by atoms with Gasteiger partial charge in [0.05, 0.1) is 11.5 Å². The van der Waals surface area contributed by atoms with Gasteiger partial charge < -0.3 is 9.64 Å². The maximum Gasteiger partial charge on any atom is 0.535 e. The van der Waals surface area contributed by atoms with Gasteiger partial charge in [0, 0.05) is 19.1 Å². The SMILES string of the molecule is CCOC(=O)O/N=C(\C(=O)N(C)C)S(=O)(=O)c1ccc(Cl)cc1. The average Bonchev–Trinajstić information content (AvgIpc) is 2.47. The monoisotopic (exact) mass is 362 g/mol. The van der Waals surface area contributed by atoms with Crippen molar-refractivity contribution in [3.63, 3.8) is 0 Å². The van der Waals surface area contributed by atoms with Crippen LogP contribution in [-0.4, -0.2) is 51.1 Å². The van der Waals surface area contributed by atoms with Gasteiger partial charge in [0.2, 0.25) is 9.84 Å². The lowest BCUT2D eigenvalue weighted by Gasteiger charge is -2.12. The van der Waals surface area contributed by atoms with Crippen molar-refractivity contribution in [1.29, 1.82) is 0 Å². The molecule has 1 aromatic carbocycles. The van der Waals surface area contributed by atoms with Crippen molar-refractivity contribution in [2.45, 2.75) is 11.8 Å². The van der Waals surface area contributed by atoms with E-state index in [1.54, 1.807) is 0 Å². The molecule has 0 aliphatic carbocycles. The van der Waals surface area contributed by atoms with Crippen LogP contribution in [0.15, 0.2) is 34.3 Å². The number of sulfone groups is 1. The van der Waals surface area contributed by atoms with E-state index in [-0.39, 0.29) is 11.5 Å². The zero-order chi connectivity index (χ0) is 17.6. The Hall–Kier alpha value is -2.13. The fraction of sp³-hybridized carbons (Fsp3) is 0.308. The summed E-state index contributed by atoms with van der Waals surface area (Å²) in [5, 5.41) is 2.54. The molecular weight excluding hydrogens is 348 g/mol. The van der Waals surface area contributed by atoms with E-state index in [0.717, 1.165) is 4.90 Å². The Morgan fingerprint density at radius 2 is 1.78 bits per heavy atom. The lowest BCUT2D eigenvalue weighted by atomic mass is 10.4. The fourth-order valence-corrected chi connectivity index (χ4v) is 2.73. The maximum absolute atomic E-state index is 12.5. The number of carbonyl (C=O) groups excluding carboxylic acids is 2. The van der Waals surface area contributed by atoms with Gasteiger partial charge in [0.25, 0.3) is 11.0 Å². The summed E-state index contributed by atoms with van der Waals surface area (Å²) in [6.07, 6.45) is -1.22. The number of nitrogens with zero attached hydrogens (tertiary/aromatic N) is 2. The van der Waals surface area contributed by atoms with Crippen molar-refractivity contribution in [3.8, 4) is 0 Å². The van der Waals surface area contributed by atoms with Gasteiger partial charge in [-0.2, -0.15) is 0 Å². The first-order valence-corrected chi connectivity index (χ1v) is 8.20. The molecule has 0 atom stereocenters. The Kier molecular flexibility index (Phi) is 6.52. The van der Waals surface area contributed by atoms with Gasteiger partial charge in [-0.05, 0) is 31.2 Å². The summed E-state index contributed by atoms with van der Waals surface area (Å²) < 4.78 is 29.5. The molecule has 1 amide bonds. The molecule has 126 valence electrons. The van der Waals surface area contributed by atoms with Crippen molar-refractivity contribution in [2.24, 2.45) is 5.16 Å². The third kappa shape index (κ3) is 4.93. The van der Waals surface area contributed by atoms with Crippen LogP contribution in [0.3, 0.4) is 0 Å². The number of rotatable bonds is 3. The highest BCUT2D eigenvalue weighted by Gasteiger charge is 2.32. The van der Waals surface area contributed by atoms with Crippen LogP contribution in [-0.2, 0) is 24.2 Å². The molecule has 0 heterocycles. The third-order valence-corrected chi connectivity index (χ3v) is 4.34. The van der Waals surface area contributed by atoms with E-state index in [4.69, 9.17) is 11.6 Å². The molecule has 8 nitrogen and oxygen atoms in total. The molecular formula is C13H15ClN2O6S. The van der Waals surface area contributed by atoms with E-state index in [0.29, 0.717) is 5.02 Å². The van der Waals surface area contributed by atoms with Crippen LogP contribution < -0.4 is 0 Å². The zero-order valence-corrected chi connectivity index (χ0v) is 14.2. The summed E-state index contributed by atoms with van der Waals surface area (Å²) in [6, 6.07) is 5.11. The Morgan fingerprint density at radius 1 is 1.22 bits per heavy atom. The molecule has 10 heteroatoms. The molecule has 0 aromatic heterocycles. The van der Waals surface area contributed by atoms with Crippen LogP contribution >= 0.6 is 11.6 Å². The number of benzene rings is 1. The van der Waals surface area contributed by atoms with E-state index >= 15 is 0 Å². The topological polar surface area (TPSA) is 102 Å². The summed E-state index contributed by atoms with van der Waals surface area (Å²) in [4.78, 5) is 28.3. The first-order valence-electron chi connectivity index (χ1n) is 6.34. The summed E-state index contributed by atoms with van der Waals surface area (Å²) in [7, 11) is -1.64. The maximum atomic E-state index is 12.5. The normalized spacial score (nSPS) is 11.7. The molecule has 0 saturated carbocycles. The van der Waals surface area contributed by atoms with Gasteiger partial charge in [-0.25, -0.2) is 13.2 Å². The van der Waals surface area contributed by atoms with Crippen LogP contribution in [0.4, 0.5) is 4.79 Å². The van der Waals surface area contributed by atoms with Gasteiger partial charge >= 0.3 is 6.16 Å². The number of ether oxygens (including phenoxy) is 1. The molecule has 0 aliphatic heterocycles. The van der Waals surface area contributed by atoms with E-state index in [9.17, 15) is 18.0 Å². The largest absolute Gasteiger partial charge is 0.535 e. The Bertz CT molecular complexity index is 712. The van der Waals surface area contributed by atoms with E-state index < -0.39 is 26.9 Å².